The average Bonchev–Trinajstić information content (AvgIpc) is 3.07. The molecule has 0 aliphatic carbocycles. The lowest BCUT2D eigenvalue weighted by molar-refractivity contribution is 0.0991. The minimum absolute atomic E-state index is 0.195. The molecule has 7 heteroatoms. The van der Waals surface area contributed by atoms with Crippen molar-refractivity contribution in [3.8, 4) is 0 Å². The quantitative estimate of drug-likeness (QED) is 0.894. The third-order valence-electron chi connectivity index (χ3n) is 5.70. The lowest BCUT2D eigenvalue weighted by Crippen LogP contribution is -2.44. The number of halogens is 1. The third-order valence-corrected chi connectivity index (χ3v) is 5.70. The van der Waals surface area contributed by atoms with E-state index in [9.17, 15) is 9.18 Å². The smallest absolute Gasteiger partial charge is 0.268 e. The molecule has 0 bridgehead atoms. The maximum atomic E-state index is 13.1. The van der Waals surface area contributed by atoms with Crippen molar-refractivity contribution in [2.45, 2.75) is 25.8 Å². The molecule has 1 aromatic heterocycles. The molecule has 1 spiro atoms. The predicted octanol–water partition coefficient (Wildman–Crippen LogP) is 2.21. The predicted molar refractivity (Wildman–Crippen MR) is 101 cm³/mol. The van der Waals surface area contributed by atoms with E-state index in [1.807, 2.05) is 12.1 Å². The number of piperidine rings is 1. The van der Waals surface area contributed by atoms with Gasteiger partial charge in [0.15, 0.2) is 0 Å². The molecule has 0 unspecified atom stereocenters. The number of carbonyl (C=O) groups is 1. The van der Waals surface area contributed by atoms with E-state index >= 15 is 0 Å². The Kier molecular flexibility index (Phi) is 4.78. The molecule has 2 aliphatic rings. The summed E-state index contributed by atoms with van der Waals surface area (Å²) < 4.78 is 13.1. The SMILES string of the molecule is NC(=O)c1cncc(N2CC[C@@]3(CCCN(Cc4ccc(F)cc4)C3)C2)n1. The summed E-state index contributed by atoms with van der Waals surface area (Å²) in [5.74, 6) is -0.0279. The normalized spacial score (nSPS) is 23.1. The number of aromatic nitrogens is 2. The summed E-state index contributed by atoms with van der Waals surface area (Å²) in [5.41, 5.74) is 6.90. The van der Waals surface area contributed by atoms with E-state index in [0.717, 1.165) is 56.9 Å². The van der Waals surface area contributed by atoms with Crippen LogP contribution in [0.15, 0.2) is 36.7 Å². The molecule has 2 aromatic rings. The van der Waals surface area contributed by atoms with Crippen molar-refractivity contribution in [3.63, 3.8) is 0 Å². The number of likely N-dealkylation sites (tertiary alicyclic amines) is 1. The van der Waals surface area contributed by atoms with Crippen LogP contribution < -0.4 is 10.6 Å². The van der Waals surface area contributed by atoms with Crippen LogP contribution in [-0.4, -0.2) is 47.0 Å². The number of hydrogen-bond donors (Lipinski definition) is 1. The van der Waals surface area contributed by atoms with Crippen LogP contribution in [0.4, 0.5) is 10.2 Å². The van der Waals surface area contributed by atoms with Gasteiger partial charge in [-0.15, -0.1) is 0 Å². The summed E-state index contributed by atoms with van der Waals surface area (Å²) >= 11 is 0. The van der Waals surface area contributed by atoms with Gasteiger partial charge in [0.25, 0.3) is 5.91 Å². The Bertz CT molecular complexity index is 827. The summed E-state index contributed by atoms with van der Waals surface area (Å²) in [6.07, 6.45) is 6.54. The summed E-state index contributed by atoms with van der Waals surface area (Å²) in [4.78, 5) is 24.5. The highest BCUT2D eigenvalue weighted by Crippen LogP contribution is 2.40. The maximum absolute atomic E-state index is 13.1. The molecule has 27 heavy (non-hydrogen) atoms. The van der Waals surface area contributed by atoms with E-state index in [1.54, 1.807) is 6.20 Å². The Morgan fingerprint density at radius 1 is 1.15 bits per heavy atom. The van der Waals surface area contributed by atoms with Crippen LogP contribution in [-0.2, 0) is 6.54 Å². The number of nitrogens with zero attached hydrogens (tertiary/aromatic N) is 4. The Labute approximate surface area is 158 Å². The minimum Gasteiger partial charge on any atom is -0.364 e. The number of hydrogen-bond acceptors (Lipinski definition) is 5. The number of rotatable bonds is 4. The van der Waals surface area contributed by atoms with E-state index in [4.69, 9.17) is 5.73 Å². The van der Waals surface area contributed by atoms with Gasteiger partial charge in [-0.3, -0.25) is 14.7 Å². The lowest BCUT2D eigenvalue weighted by Gasteiger charge is -2.40. The molecule has 2 N–H and O–H groups in total. The van der Waals surface area contributed by atoms with E-state index < -0.39 is 5.91 Å². The maximum Gasteiger partial charge on any atom is 0.268 e. The zero-order chi connectivity index (χ0) is 18.9. The monoisotopic (exact) mass is 369 g/mol. The van der Waals surface area contributed by atoms with Crippen LogP contribution in [0.2, 0.25) is 0 Å². The number of amides is 1. The van der Waals surface area contributed by atoms with Crippen molar-refractivity contribution < 1.29 is 9.18 Å². The van der Waals surface area contributed by atoms with Gasteiger partial charge in [-0.05, 0) is 43.5 Å². The molecule has 0 radical (unpaired) electrons. The fourth-order valence-corrected chi connectivity index (χ4v) is 4.38. The van der Waals surface area contributed by atoms with Gasteiger partial charge in [-0.25, -0.2) is 9.37 Å². The minimum atomic E-state index is -0.554. The Balaban J connectivity index is 1.44. The second-order valence-electron chi connectivity index (χ2n) is 7.74. The van der Waals surface area contributed by atoms with Gasteiger partial charge in [-0.2, -0.15) is 0 Å². The molecule has 0 saturated carbocycles. The van der Waals surface area contributed by atoms with Crippen LogP contribution in [0.1, 0.15) is 35.3 Å². The van der Waals surface area contributed by atoms with Crippen molar-refractivity contribution in [2.75, 3.05) is 31.1 Å². The summed E-state index contributed by atoms with van der Waals surface area (Å²) in [6.45, 7) is 4.74. The molecule has 3 heterocycles. The van der Waals surface area contributed by atoms with Gasteiger partial charge in [0.2, 0.25) is 0 Å². The molecule has 6 nitrogen and oxygen atoms in total. The van der Waals surface area contributed by atoms with E-state index in [1.165, 1.54) is 24.8 Å². The van der Waals surface area contributed by atoms with Gasteiger partial charge in [0, 0.05) is 31.6 Å². The highest BCUT2D eigenvalue weighted by molar-refractivity contribution is 5.90. The molecule has 1 atom stereocenters. The van der Waals surface area contributed by atoms with Crippen LogP contribution in [0.5, 0.6) is 0 Å². The third kappa shape index (κ3) is 3.93. The van der Waals surface area contributed by atoms with E-state index in [2.05, 4.69) is 19.8 Å². The van der Waals surface area contributed by atoms with Gasteiger partial charge >= 0.3 is 0 Å². The fourth-order valence-electron chi connectivity index (χ4n) is 4.38. The summed E-state index contributed by atoms with van der Waals surface area (Å²) in [6, 6.07) is 6.78. The molecule has 1 amide bonds. The molecule has 2 fully saturated rings. The molecule has 2 saturated heterocycles. The lowest BCUT2D eigenvalue weighted by atomic mass is 9.79. The first-order chi connectivity index (χ1) is 13.0. The first kappa shape index (κ1) is 17.9. The second-order valence-corrected chi connectivity index (χ2v) is 7.74. The molecule has 1 aromatic carbocycles. The van der Waals surface area contributed by atoms with Crippen LogP contribution in [0.3, 0.4) is 0 Å². The van der Waals surface area contributed by atoms with Crippen molar-refractivity contribution in [2.24, 2.45) is 11.1 Å². The number of carbonyl (C=O) groups excluding carboxylic acids is 1. The Morgan fingerprint density at radius 2 is 1.96 bits per heavy atom. The molecular formula is C20H24FN5O. The van der Waals surface area contributed by atoms with E-state index in [-0.39, 0.29) is 16.9 Å². The summed E-state index contributed by atoms with van der Waals surface area (Å²) in [7, 11) is 0. The van der Waals surface area contributed by atoms with Crippen LogP contribution in [0, 0.1) is 11.2 Å². The average molecular weight is 369 g/mol. The number of benzene rings is 1. The zero-order valence-corrected chi connectivity index (χ0v) is 15.3. The molecular weight excluding hydrogens is 345 g/mol. The van der Waals surface area contributed by atoms with E-state index in [0.29, 0.717) is 0 Å². The topological polar surface area (TPSA) is 75.4 Å². The van der Waals surface area contributed by atoms with Crippen molar-refractivity contribution in [3.05, 3.63) is 53.7 Å². The fraction of sp³-hybridized carbons (Fsp3) is 0.450. The standard InChI is InChI=1S/C20H24FN5O/c21-16-4-2-15(3-5-16)12-25-8-1-6-20(13-25)7-9-26(14-20)18-11-23-10-17(24-18)19(22)27/h2-5,10-11H,1,6-9,12-14H2,(H2,22,27)/t20-/m1/s1. The molecule has 142 valence electrons. The second kappa shape index (κ2) is 7.23. The highest BCUT2D eigenvalue weighted by atomic mass is 19.1. The number of nitrogens with two attached hydrogens (primary N) is 1. The zero-order valence-electron chi connectivity index (χ0n) is 15.3. The highest BCUT2D eigenvalue weighted by Gasteiger charge is 2.41. The van der Waals surface area contributed by atoms with Gasteiger partial charge in [0.1, 0.15) is 17.3 Å². The van der Waals surface area contributed by atoms with Crippen LogP contribution in [0.25, 0.3) is 0 Å². The van der Waals surface area contributed by atoms with Crippen molar-refractivity contribution in [1.82, 2.24) is 14.9 Å². The first-order valence-electron chi connectivity index (χ1n) is 9.37. The van der Waals surface area contributed by atoms with Gasteiger partial charge in [0.05, 0.1) is 12.4 Å². The van der Waals surface area contributed by atoms with Crippen LogP contribution >= 0.6 is 0 Å². The van der Waals surface area contributed by atoms with Gasteiger partial charge in [-0.1, -0.05) is 12.1 Å². The molecule has 4 rings (SSSR count). The number of anilines is 1. The van der Waals surface area contributed by atoms with Crippen molar-refractivity contribution in [1.29, 1.82) is 0 Å². The Morgan fingerprint density at radius 3 is 2.74 bits per heavy atom. The van der Waals surface area contributed by atoms with Gasteiger partial charge < -0.3 is 10.6 Å². The first-order valence-corrected chi connectivity index (χ1v) is 9.37. The Hall–Kier alpha value is -2.54. The largest absolute Gasteiger partial charge is 0.364 e. The summed E-state index contributed by atoms with van der Waals surface area (Å²) in [5, 5.41) is 0. The molecule has 2 aliphatic heterocycles. The number of primary amides is 1. The van der Waals surface area contributed by atoms with Crippen molar-refractivity contribution >= 4 is 11.7 Å².